The van der Waals surface area contributed by atoms with Crippen LogP contribution in [0.3, 0.4) is 0 Å². The monoisotopic (exact) mass is 332 g/mol. The van der Waals surface area contributed by atoms with Gasteiger partial charge in [0.05, 0.1) is 0 Å². The molecule has 0 aliphatic carbocycles. The number of carbonyl (C=O) groups is 1. The molecule has 4 nitrogen and oxygen atoms in total. The first-order chi connectivity index (χ1) is 7.58. The molecular formula is C11H13IN2O2. The van der Waals surface area contributed by atoms with Crippen molar-refractivity contribution in [3.05, 3.63) is 26.8 Å². The first-order valence-corrected chi connectivity index (χ1v) is 6.20. The van der Waals surface area contributed by atoms with Crippen molar-refractivity contribution in [3.63, 3.8) is 0 Å². The van der Waals surface area contributed by atoms with E-state index in [-0.39, 0.29) is 0 Å². The second kappa shape index (κ2) is 4.48. The van der Waals surface area contributed by atoms with E-state index in [1.165, 1.54) is 16.0 Å². The second-order valence-electron chi connectivity index (χ2n) is 3.91. The van der Waals surface area contributed by atoms with Gasteiger partial charge in [-0.05, 0) is 58.7 Å². The van der Waals surface area contributed by atoms with Crippen molar-refractivity contribution in [2.75, 3.05) is 18.8 Å². The molecule has 2 rings (SSSR count). The number of carboxylic acid groups (broad SMARTS) is 1. The lowest BCUT2D eigenvalue weighted by atomic mass is 10.0. The Hall–Kier alpha value is -0.980. The molecule has 3 N–H and O–H groups in total. The van der Waals surface area contributed by atoms with Crippen molar-refractivity contribution in [2.24, 2.45) is 0 Å². The zero-order valence-corrected chi connectivity index (χ0v) is 10.9. The molecule has 0 saturated carbocycles. The number of nitrogen functional groups attached to an aromatic ring is 1. The number of rotatable bonds is 0. The minimum absolute atomic E-state index is 0.558. The second-order valence-corrected chi connectivity index (χ2v) is 5.07. The average Bonchev–Trinajstić information content (AvgIpc) is 2.41. The summed E-state index contributed by atoms with van der Waals surface area (Å²) < 4.78 is 1.04. The zero-order chi connectivity index (χ0) is 11.7. The number of benzene rings is 1. The summed E-state index contributed by atoms with van der Waals surface area (Å²) in [4.78, 5) is 12.4. The van der Waals surface area contributed by atoms with Gasteiger partial charge in [0, 0.05) is 22.3 Å². The normalized spacial score (nSPS) is 15.4. The molecule has 1 aromatic rings. The van der Waals surface area contributed by atoms with Crippen molar-refractivity contribution >= 4 is 34.4 Å². The molecule has 16 heavy (non-hydrogen) atoms. The Labute approximate surface area is 108 Å². The molecule has 0 unspecified atom stereocenters. The van der Waals surface area contributed by atoms with Gasteiger partial charge < -0.3 is 15.7 Å². The van der Waals surface area contributed by atoms with Gasteiger partial charge >= 0.3 is 6.09 Å². The van der Waals surface area contributed by atoms with Gasteiger partial charge in [-0.15, -0.1) is 0 Å². The summed E-state index contributed by atoms with van der Waals surface area (Å²) >= 11 is 2.21. The maximum atomic E-state index is 10.9. The van der Waals surface area contributed by atoms with E-state index in [9.17, 15) is 4.79 Å². The minimum Gasteiger partial charge on any atom is -0.465 e. The zero-order valence-electron chi connectivity index (χ0n) is 8.74. The highest BCUT2D eigenvalue weighted by molar-refractivity contribution is 14.1. The molecule has 0 saturated heterocycles. The molecule has 0 radical (unpaired) electrons. The van der Waals surface area contributed by atoms with Gasteiger partial charge in [0.25, 0.3) is 0 Å². The van der Waals surface area contributed by atoms with Crippen LogP contribution in [-0.4, -0.2) is 29.2 Å². The summed E-state index contributed by atoms with van der Waals surface area (Å²) in [6, 6.07) is 4.04. The number of fused-ring (bicyclic) bond motifs is 1. The Morgan fingerprint density at radius 2 is 1.88 bits per heavy atom. The summed E-state index contributed by atoms with van der Waals surface area (Å²) in [6.07, 6.45) is 0.691. The number of hydrogen-bond donors (Lipinski definition) is 2. The number of amides is 1. The number of halogens is 1. The fraction of sp³-hybridized carbons (Fsp3) is 0.364. The molecule has 1 aromatic carbocycles. The first kappa shape index (κ1) is 11.5. The van der Waals surface area contributed by atoms with Crippen LogP contribution in [0.15, 0.2) is 12.1 Å². The molecule has 1 amide bonds. The van der Waals surface area contributed by atoms with Gasteiger partial charge in [-0.1, -0.05) is 0 Å². The number of hydrogen-bond acceptors (Lipinski definition) is 2. The van der Waals surface area contributed by atoms with E-state index < -0.39 is 6.09 Å². The van der Waals surface area contributed by atoms with Gasteiger partial charge in [0.1, 0.15) is 0 Å². The highest BCUT2D eigenvalue weighted by Gasteiger charge is 2.18. The van der Waals surface area contributed by atoms with Crippen molar-refractivity contribution < 1.29 is 9.90 Å². The summed E-state index contributed by atoms with van der Waals surface area (Å²) in [5.74, 6) is 0. The SMILES string of the molecule is Nc1cc2c(cc1I)CCN(C(=O)O)CC2. The maximum absolute atomic E-state index is 10.9. The minimum atomic E-state index is -0.838. The molecule has 0 aromatic heterocycles. The van der Waals surface area contributed by atoms with Gasteiger partial charge in [0.2, 0.25) is 0 Å². The molecule has 1 aliphatic heterocycles. The fourth-order valence-corrected chi connectivity index (χ4v) is 2.49. The smallest absolute Gasteiger partial charge is 0.407 e. The van der Waals surface area contributed by atoms with Crippen molar-refractivity contribution in [1.82, 2.24) is 4.90 Å². The summed E-state index contributed by atoms with van der Waals surface area (Å²) in [7, 11) is 0. The topological polar surface area (TPSA) is 66.6 Å². The maximum Gasteiger partial charge on any atom is 0.407 e. The standard InChI is InChI=1S/C11H13IN2O2/c12-9-5-7-1-3-14(11(15)16)4-2-8(7)6-10(9)13/h5-6H,1-4,13H2,(H,15,16). The third-order valence-corrected chi connectivity index (χ3v) is 3.83. The molecular weight excluding hydrogens is 319 g/mol. The Bertz CT molecular complexity index is 401. The molecule has 0 atom stereocenters. The Kier molecular flexibility index (Phi) is 3.22. The van der Waals surface area contributed by atoms with E-state index in [1.54, 1.807) is 0 Å². The molecule has 0 fully saturated rings. The Balaban J connectivity index is 2.27. The highest BCUT2D eigenvalue weighted by Crippen LogP contribution is 2.24. The van der Waals surface area contributed by atoms with Gasteiger partial charge in [-0.2, -0.15) is 0 Å². The molecule has 5 heteroatoms. The molecule has 1 heterocycles. The number of nitrogens with zero attached hydrogens (tertiary/aromatic N) is 1. The van der Waals surface area contributed by atoms with Gasteiger partial charge in [-0.25, -0.2) is 4.79 Å². The van der Waals surface area contributed by atoms with Gasteiger partial charge in [0.15, 0.2) is 0 Å². The Morgan fingerprint density at radius 3 is 2.44 bits per heavy atom. The summed E-state index contributed by atoms with van der Waals surface area (Å²) in [5.41, 5.74) is 9.04. The van der Waals surface area contributed by atoms with E-state index in [1.807, 2.05) is 6.07 Å². The van der Waals surface area contributed by atoms with E-state index >= 15 is 0 Å². The van der Waals surface area contributed by atoms with Crippen LogP contribution >= 0.6 is 22.6 Å². The van der Waals surface area contributed by atoms with E-state index in [0.717, 1.165) is 22.1 Å². The van der Waals surface area contributed by atoms with Crippen molar-refractivity contribution in [3.8, 4) is 0 Å². The molecule has 0 bridgehead atoms. The van der Waals surface area contributed by atoms with Crippen molar-refractivity contribution in [2.45, 2.75) is 12.8 Å². The largest absolute Gasteiger partial charge is 0.465 e. The van der Waals surface area contributed by atoms with Crippen LogP contribution < -0.4 is 5.73 Å². The van der Waals surface area contributed by atoms with Crippen LogP contribution in [-0.2, 0) is 12.8 Å². The fourth-order valence-electron chi connectivity index (χ4n) is 1.96. The van der Waals surface area contributed by atoms with Crippen LogP contribution in [0.1, 0.15) is 11.1 Å². The summed E-state index contributed by atoms with van der Waals surface area (Å²) in [6.45, 7) is 1.13. The van der Waals surface area contributed by atoms with Crippen LogP contribution in [0.2, 0.25) is 0 Å². The Morgan fingerprint density at radius 1 is 1.31 bits per heavy atom. The molecule has 86 valence electrons. The van der Waals surface area contributed by atoms with Crippen molar-refractivity contribution in [1.29, 1.82) is 0 Å². The predicted octanol–water partition coefficient (Wildman–Crippen LogP) is 1.95. The first-order valence-electron chi connectivity index (χ1n) is 5.12. The van der Waals surface area contributed by atoms with Gasteiger partial charge in [-0.3, -0.25) is 0 Å². The van der Waals surface area contributed by atoms with E-state index in [2.05, 4.69) is 28.7 Å². The van der Waals surface area contributed by atoms with Crippen LogP contribution in [0.5, 0.6) is 0 Å². The lowest BCUT2D eigenvalue weighted by Crippen LogP contribution is -2.31. The quantitative estimate of drug-likeness (QED) is 0.564. The lowest BCUT2D eigenvalue weighted by Gasteiger charge is -2.14. The lowest BCUT2D eigenvalue weighted by molar-refractivity contribution is 0.147. The van der Waals surface area contributed by atoms with E-state index in [0.29, 0.717) is 13.1 Å². The van der Waals surface area contributed by atoms with Crippen LogP contribution in [0.4, 0.5) is 10.5 Å². The summed E-state index contributed by atoms with van der Waals surface area (Å²) in [5, 5.41) is 8.95. The molecule has 0 spiro atoms. The molecule has 1 aliphatic rings. The van der Waals surface area contributed by atoms with E-state index in [4.69, 9.17) is 10.8 Å². The predicted molar refractivity (Wildman–Crippen MR) is 70.6 cm³/mol. The third kappa shape index (κ3) is 2.23. The van der Waals surface area contributed by atoms with Crippen LogP contribution in [0, 0.1) is 3.57 Å². The number of nitrogens with two attached hydrogens (primary N) is 1. The van der Waals surface area contributed by atoms with Crippen LogP contribution in [0.25, 0.3) is 0 Å². The number of anilines is 1. The third-order valence-electron chi connectivity index (χ3n) is 2.89. The average molecular weight is 332 g/mol. The highest BCUT2D eigenvalue weighted by atomic mass is 127.